The third-order valence-electron chi connectivity index (χ3n) is 3.61. The Kier molecular flexibility index (Phi) is 12.2. The smallest absolute Gasteiger partial charge is 0.289 e. The van der Waals surface area contributed by atoms with Crippen LogP contribution >= 0.6 is 0 Å². The first-order valence-corrected chi connectivity index (χ1v) is 9.01. The molecule has 0 bridgehead atoms. The highest BCUT2D eigenvalue weighted by Crippen LogP contribution is 2.31. The number of carbonyl (C=O) groups excluding carboxylic acids is 1. The molecule has 4 nitrogen and oxygen atoms in total. The van der Waals surface area contributed by atoms with Crippen molar-refractivity contribution >= 4 is 11.5 Å². The van der Waals surface area contributed by atoms with E-state index < -0.39 is 17.6 Å². The molecule has 0 aliphatic carbocycles. The second-order valence-corrected chi connectivity index (χ2v) is 5.56. The van der Waals surface area contributed by atoms with Gasteiger partial charge in [0.15, 0.2) is 0 Å². The zero-order valence-electron chi connectivity index (χ0n) is 16.8. The van der Waals surface area contributed by atoms with E-state index in [2.05, 4.69) is 4.98 Å². The standard InChI is InChI=1S/C12H13F3N2O2.C7H7F.C2H6/c1-2-8(3-4-11(18)17-19)9-5-10(7-16-6-9)12(13,14)15;1-6-4-2-3-5-7(6)8;1-2/h2,5-7,19H,3-4H2,1H3,(H,17,18);2-5H,1H3;1-2H3/b8-2+;;. The maximum atomic E-state index is 12.5. The van der Waals surface area contributed by atoms with Crippen molar-refractivity contribution in [1.82, 2.24) is 10.5 Å². The highest BCUT2D eigenvalue weighted by atomic mass is 19.4. The summed E-state index contributed by atoms with van der Waals surface area (Å²) in [4.78, 5) is 14.5. The molecule has 1 amide bonds. The fourth-order valence-corrected chi connectivity index (χ4v) is 2.08. The van der Waals surface area contributed by atoms with Crippen LogP contribution in [0.2, 0.25) is 0 Å². The third-order valence-corrected chi connectivity index (χ3v) is 3.61. The lowest BCUT2D eigenvalue weighted by atomic mass is 10.0. The maximum Gasteiger partial charge on any atom is 0.417 e. The molecule has 0 saturated carbocycles. The topological polar surface area (TPSA) is 62.2 Å². The van der Waals surface area contributed by atoms with E-state index in [1.807, 2.05) is 19.9 Å². The Labute approximate surface area is 168 Å². The van der Waals surface area contributed by atoms with Crippen LogP contribution in [0, 0.1) is 12.7 Å². The predicted octanol–water partition coefficient (Wildman–Crippen LogP) is 5.95. The van der Waals surface area contributed by atoms with Crippen molar-refractivity contribution < 1.29 is 27.6 Å². The molecule has 2 rings (SSSR count). The Morgan fingerprint density at radius 3 is 2.24 bits per heavy atom. The molecule has 1 aromatic carbocycles. The van der Waals surface area contributed by atoms with Crippen molar-refractivity contribution in [2.24, 2.45) is 0 Å². The van der Waals surface area contributed by atoms with E-state index in [0.29, 0.717) is 16.7 Å². The molecule has 0 aliphatic rings. The van der Waals surface area contributed by atoms with Crippen LogP contribution in [0.1, 0.15) is 50.3 Å². The van der Waals surface area contributed by atoms with Gasteiger partial charge in [-0.15, -0.1) is 0 Å². The van der Waals surface area contributed by atoms with Gasteiger partial charge in [-0.2, -0.15) is 13.2 Å². The number of amides is 1. The second kappa shape index (κ2) is 13.4. The van der Waals surface area contributed by atoms with E-state index in [4.69, 9.17) is 5.21 Å². The third kappa shape index (κ3) is 9.84. The fraction of sp³-hybridized carbons (Fsp3) is 0.333. The number of hydroxylamine groups is 1. The summed E-state index contributed by atoms with van der Waals surface area (Å²) in [7, 11) is 0. The Bertz CT molecular complexity index is 769. The van der Waals surface area contributed by atoms with E-state index in [1.54, 1.807) is 32.1 Å². The Morgan fingerprint density at radius 2 is 1.79 bits per heavy atom. The van der Waals surface area contributed by atoms with Crippen LogP contribution < -0.4 is 5.48 Å². The molecule has 0 unspecified atom stereocenters. The molecule has 0 aliphatic heterocycles. The van der Waals surface area contributed by atoms with Gasteiger partial charge in [-0.1, -0.05) is 38.1 Å². The average Bonchev–Trinajstić information content (AvgIpc) is 2.72. The quantitative estimate of drug-likeness (QED) is 0.369. The second-order valence-electron chi connectivity index (χ2n) is 5.56. The van der Waals surface area contributed by atoms with Crippen molar-refractivity contribution in [3.63, 3.8) is 0 Å². The van der Waals surface area contributed by atoms with Gasteiger partial charge in [0.05, 0.1) is 5.56 Å². The van der Waals surface area contributed by atoms with E-state index in [0.717, 1.165) is 12.3 Å². The number of nitrogens with zero attached hydrogens (tertiary/aromatic N) is 1. The maximum absolute atomic E-state index is 12.5. The summed E-state index contributed by atoms with van der Waals surface area (Å²) >= 11 is 0. The van der Waals surface area contributed by atoms with Gasteiger partial charge in [-0.3, -0.25) is 15.0 Å². The van der Waals surface area contributed by atoms with Crippen molar-refractivity contribution in [3.05, 3.63) is 71.3 Å². The first-order valence-electron chi connectivity index (χ1n) is 9.01. The normalized spacial score (nSPS) is 10.9. The minimum absolute atomic E-state index is 0.0214. The van der Waals surface area contributed by atoms with Crippen molar-refractivity contribution in [1.29, 1.82) is 0 Å². The Hall–Kier alpha value is -2.74. The van der Waals surface area contributed by atoms with Gasteiger partial charge in [0.25, 0.3) is 0 Å². The number of halogens is 4. The zero-order chi connectivity index (χ0) is 22.4. The summed E-state index contributed by atoms with van der Waals surface area (Å²) in [5, 5.41) is 8.36. The van der Waals surface area contributed by atoms with Gasteiger partial charge in [0, 0.05) is 18.8 Å². The molecular weight excluding hydrogens is 388 g/mol. The van der Waals surface area contributed by atoms with Crippen molar-refractivity contribution in [3.8, 4) is 0 Å². The number of aromatic nitrogens is 1. The Morgan fingerprint density at radius 1 is 1.17 bits per heavy atom. The molecule has 29 heavy (non-hydrogen) atoms. The molecular formula is C21H26F4N2O2. The molecule has 0 fully saturated rings. The van der Waals surface area contributed by atoms with E-state index >= 15 is 0 Å². The number of hydrogen-bond acceptors (Lipinski definition) is 3. The lowest BCUT2D eigenvalue weighted by Gasteiger charge is -2.10. The number of alkyl halides is 3. The van der Waals surface area contributed by atoms with E-state index in [-0.39, 0.29) is 18.7 Å². The molecule has 1 aromatic heterocycles. The van der Waals surface area contributed by atoms with Gasteiger partial charge >= 0.3 is 6.18 Å². The summed E-state index contributed by atoms with van der Waals surface area (Å²) in [5.74, 6) is -0.730. The molecule has 160 valence electrons. The molecule has 2 aromatic rings. The molecule has 2 N–H and O–H groups in total. The molecule has 0 spiro atoms. The van der Waals surface area contributed by atoms with Crippen LogP contribution in [0.15, 0.2) is 48.8 Å². The number of rotatable bonds is 4. The molecule has 8 heteroatoms. The number of allylic oxidation sites excluding steroid dienone is 2. The number of pyridine rings is 1. The summed E-state index contributed by atoms with van der Waals surface area (Å²) in [6.45, 7) is 7.40. The van der Waals surface area contributed by atoms with Gasteiger partial charge in [-0.05, 0) is 49.1 Å². The highest BCUT2D eigenvalue weighted by molar-refractivity contribution is 5.77. The first-order chi connectivity index (χ1) is 13.7. The average molecular weight is 414 g/mol. The van der Waals surface area contributed by atoms with Gasteiger partial charge < -0.3 is 0 Å². The summed E-state index contributed by atoms with van der Waals surface area (Å²) in [5.41, 5.74) is 2.20. The number of benzene rings is 1. The molecule has 0 radical (unpaired) electrons. The van der Waals surface area contributed by atoms with Crippen LogP contribution in [-0.2, 0) is 11.0 Å². The lowest BCUT2D eigenvalue weighted by molar-refractivity contribution is -0.137. The largest absolute Gasteiger partial charge is 0.417 e. The fourth-order valence-electron chi connectivity index (χ4n) is 2.08. The minimum Gasteiger partial charge on any atom is -0.289 e. The summed E-state index contributed by atoms with van der Waals surface area (Å²) in [6, 6.07) is 7.69. The molecule has 1 heterocycles. The number of carbonyl (C=O) groups is 1. The van der Waals surface area contributed by atoms with Crippen LogP contribution in [0.5, 0.6) is 0 Å². The predicted molar refractivity (Wildman–Crippen MR) is 105 cm³/mol. The van der Waals surface area contributed by atoms with Gasteiger partial charge in [0.1, 0.15) is 5.82 Å². The zero-order valence-corrected chi connectivity index (χ0v) is 16.8. The van der Waals surface area contributed by atoms with Crippen LogP contribution in [0.3, 0.4) is 0 Å². The number of hydrogen-bond donors (Lipinski definition) is 2. The SMILES string of the molecule is C/C=C(\CCC(=O)NO)c1cncc(C(F)(F)F)c1.CC.Cc1ccccc1F. The van der Waals surface area contributed by atoms with Crippen LogP contribution in [0.25, 0.3) is 5.57 Å². The molecule has 0 atom stereocenters. The van der Waals surface area contributed by atoms with Gasteiger partial charge in [0.2, 0.25) is 5.91 Å². The van der Waals surface area contributed by atoms with Gasteiger partial charge in [-0.25, -0.2) is 9.87 Å². The van der Waals surface area contributed by atoms with Crippen molar-refractivity contribution in [2.45, 2.75) is 46.7 Å². The Balaban J connectivity index is 0.000000649. The van der Waals surface area contributed by atoms with Crippen molar-refractivity contribution in [2.75, 3.05) is 0 Å². The van der Waals surface area contributed by atoms with Crippen LogP contribution in [-0.4, -0.2) is 16.1 Å². The van der Waals surface area contributed by atoms with E-state index in [1.165, 1.54) is 17.7 Å². The monoisotopic (exact) mass is 414 g/mol. The summed E-state index contributed by atoms with van der Waals surface area (Å²) < 4.78 is 50.0. The first kappa shape index (κ1) is 26.3. The summed E-state index contributed by atoms with van der Waals surface area (Å²) in [6.07, 6.45) is -0.594. The lowest BCUT2D eigenvalue weighted by Crippen LogP contribution is -2.18. The number of nitrogens with one attached hydrogen (secondary N) is 1. The van der Waals surface area contributed by atoms with Crippen LogP contribution in [0.4, 0.5) is 17.6 Å². The minimum atomic E-state index is -4.45. The highest BCUT2D eigenvalue weighted by Gasteiger charge is 2.31. The van der Waals surface area contributed by atoms with E-state index in [9.17, 15) is 22.4 Å². The number of aryl methyl sites for hydroxylation is 1. The molecule has 0 saturated heterocycles.